The van der Waals surface area contributed by atoms with E-state index in [4.69, 9.17) is 20.2 Å². The van der Waals surface area contributed by atoms with Crippen LogP contribution in [0.2, 0.25) is 0 Å². The minimum absolute atomic E-state index is 0.102. The molecule has 250 valence electrons. The number of alkyl halides is 3. The zero-order valence-corrected chi connectivity index (χ0v) is 26.2. The zero-order valence-electron chi connectivity index (χ0n) is 26.2. The van der Waals surface area contributed by atoms with Crippen LogP contribution >= 0.6 is 0 Å². The predicted octanol–water partition coefficient (Wildman–Crippen LogP) is 5.18. The molecule has 14 heteroatoms. The lowest BCUT2D eigenvalue weighted by molar-refractivity contribution is -0.137. The van der Waals surface area contributed by atoms with Crippen LogP contribution in [0.4, 0.5) is 33.5 Å². The average Bonchev–Trinajstić information content (AvgIpc) is 3.57. The van der Waals surface area contributed by atoms with Crippen LogP contribution in [0.25, 0.3) is 22.2 Å². The Hall–Kier alpha value is -3.88. The number of methoxy groups -OCH3 is 1. The number of nitrogen functional groups attached to an aromatic ring is 1. The van der Waals surface area contributed by atoms with Crippen molar-refractivity contribution in [1.82, 2.24) is 25.2 Å². The predicted molar refractivity (Wildman–Crippen MR) is 167 cm³/mol. The summed E-state index contributed by atoms with van der Waals surface area (Å²) in [6.07, 6.45) is -0.709. The molecule has 0 radical (unpaired) electrons. The molecule has 0 spiro atoms. The van der Waals surface area contributed by atoms with Gasteiger partial charge in [-0.25, -0.2) is 8.78 Å². The van der Waals surface area contributed by atoms with Crippen LogP contribution in [0, 0.1) is 18.6 Å². The Morgan fingerprint density at radius 1 is 1.11 bits per heavy atom. The van der Waals surface area contributed by atoms with Gasteiger partial charge < -0.3 is 25.4 Å². The quantitative estimate of drug-likeness (QED) is 0.202. The van der Waals surface area contributed by atoms with Gasteiger partial charge in [0.2, 0.25) is 0 Å². The molecule has 0 aliphatic carbocycles. The van der Waals surface area contributed by atoms with Gasteiger partial charge in [-0.05, 0) is 44.2 Å². The summed E-state index contributed by atoms with van der Waals surface area (Å²) in [6, 6.07) is 0.824. The van der Waals surface area contributed by atoms with Gasteiger partial charge in [-0.2, -0.15) is 23.1 Å². The third-order valence-corrected chi connectivity index (χ3v) is 9.92. The van der Waals surface area contributed by atoms with E-state index >= 15 is 8.78 Å². The number of rotatable bonds is 7. The van der Waals surface area contributed by atoms with E-state index in [1.54, 1.807) is 7.11 Å². The second-order valence-electron chi connectivity index (χ2n) is 13.6. The molecule has 2 unspecified atom stereocenters. The molecule has 9 nitrogen and oxygen atoms in total. The van der Waals surface area contributed by atoms with Gasteiger partial charge in [0.1, 0.15) is 23.6 Å². The summed E-state index contributed by atoms with van der Waals surface area (Å²) >= 11 is 0. The number of benzene rings is 1. The van der Waals surface area contributed by atoms with Crippen molar-refractivity contribution in [3.8, 4) is 17.3 Å². The van der Waals surface area contributed by atoms with Gasteiger partial charge in [0, 0.05) is 45.5 Å². The number of aryl methyl sites for hydroxylation is 1. The van der Waals surface area contributed by atoms with E-state index < -0.39 is 45.9 Å². The number of hydrogen-bond acceptors (Lipinski definition) is 9. The molecule has 7 rings (SSSR count). The van der Waals surface area contributed by atoms with Crippen molar-refractivity contribution in [1.29, 1.82) is 0 Å². The number of aromatic nitrogens is 3. The maximum absolute atomic E-state index is 16.6. The van der Waals surface area contributed by atoms with E-state index in [0.29, 0.717) is 51.4 Å². The van der Waals surface area contributed by atoms with Gasteiger partial charge in [0.05, 0.1) is 39.9 Å². The highest BCUT2D eigenvalue weighted by atomic mass is 19.4. The summed E-state index contributed by atoms with van der Waals surface area (Å²) in [7, 11) is 1.63. The minimum Gasteiger partial charge on any atom is -0.461 e. The van der Waals surface area contributed by atoms with Gasteiger partial charge in [0.15, 0.2) is 11.6 Å². The van der Waals surface area contributed by atoms with Crippen LogP contribution < -0.4 is 20.7 Å². The molecular formula is C33H36F5N7O2. The summed E-state index contributed by atoms with van der Waals surface area (Å²) in [5, 5.41) is 3.79. The molecule has 2 bridgehead atoms. The fraction of sp³-hybridized carbons (Fsp3) is 0.485. The van der Waals surface area contributed by atoms with Crippen molar-refractivity contribution >= 4 is 22.4 Å². The number of hydrogen-bond donors (Lipinski definition) is 2. The van der Waals surface area contributed by atoms with Crippen LogP contribution in [-0.4, -0.2) is 83.5 Å². The van der Waals surface area contributed by atoms with Gasteiger partial charge >= 0.3 is 12.2 Å². The summed E-state index contributed by atoms with van der Waals surface area (Å²) in [5.74, 6) is -2.33. The molecule has 4 aliphatic heterocycles. The molecule has 2 aromatic heterocycles. The second-order valence-corrected chi connectivity index (χ2v) is 13.6. The van der Waals surface area contributed by atoms with E-state index in [2.05, 4.69) is 33.3 Å². The summed E-state index contributed by atoms with van der Waals surface area (Å²) < 4.78 is 86.7. The molecule has 6 heterocycles. The van der Waals surface area contributed by atoms with Crippen molar-refractivity contribution in [3.05, 3.63) is 59.3 Å². The SMILES string of the molecule is C=C1CN2CC(=C)CC2(COc2nc(N3CC4CCC(COC)(C3)N4)c3cnc(-c4c(F)c(N)cc(C)c4C(F)(F)F)c(F)c3n2)C1. The number of piperazine rings is 1. The largest absolute Gasteiger partial charge is 0.461 e. The standard InChI is InChI=1S/C33H36F5N7O2/c1-17-8-32(9-18(2)12-45(32)11-17)16-47-30-41-27-21(29(42-30)44-13-20-5-6-31(14-44,43-20)15-46-4)10-40-28(26(27)35)23-24(33(36,37)38)19(3)7-22(39)25(23)34/h7,10,20,43H,1-2,5-6,8-9,11-16,39H2,3-4H3. The lowest BCUT2D eigenvalue weighted by atomic mass is 9.92. The number of ether oxygens (including phenoxy) is 2. The van der Waals surface area contributed by atoms with E-state index in [-0.39, 0.29) is 40.7 Å². The monoisotopic (exact) mass is 657 g/mol. The maximum Gasteiger partial charge on any atom is 0.417 e. The highest BCUT2D eigenvalue weighted by Crippen LogP contribution is 2.45. The molecule has 4 aliphatic rings. The average molecular weight is 658 g/mol. The van der Waals surface area contributed by atoms with Crippen molar-refractivity contribution in [2.45, 2.75) is 55.9 Å². The molecule has 47 heavy (non-hydrogen) atoms. The highest BCUT2D eigenvalue weighted by Gasteiger charge is 2.49. The van der Waals surface area contributed by atoms with Gasteiger partial charge in [-0.3, -0.25) is 9.88 Å². The van der Waals surface area contributed by atoms with Gasteiger partial charge in [-0.15, -0.1) is 0 Å². The number of halogens is 5. The molecule has 4 saturated heterocycles. The Balaban J connectivity index is 1.38. The fourth-order valence-electron chi connectivity index (χ4n) is 8.14. The van der Waals surface area contributed by atoms with E-state index in [1.165, 1.54) is 6.20 Å². The zero-order chi connectivity index (χ0) is 33.5. The number of pyridine rings is 1. The molecule has 4 fully saturated rings. The van der Waals surface area contributed by atoms with E-state index in [1.807, 2.05) is 4.90 Å². The fourth-order valence-corrected chi connectivity index (χ4v) is 8.14. The molecule has 0 amide bonds. The molecular weight excluding hydrogens is 621 g/mol. The van der Waals surface area contributed by atoms with Crippen molar-refractivity contribution in [2.75, 3.05) is 57.1 Å². The number of nitrogens with zero attached hydrogens (tertiary/aromatic N) is 5. The first kappa shape index (κ1) is 31.7. The molecule has 0 saturated carbocycles. The Kier molecular flexibility index (Phi) is 7.48. The number of fused-ring (bicyclic) bond motifs is 4. The maximum atomic E-state index is 16.6. The lowest BCUT2D eigenvalue weighted by Gasteiger charge is -2.41. The Morgan fingerprint density at radius 3 is 2.51 bits per heavy atom. The van der Waals surface area contributed by atoms with Crippen LogP contribution in [0.1, 0.15) is 36.8 Å². The Bertz CT molecular complexity index is 1790. The van der Waals surface area contributed by atoms with Crippen LogP contribution in [0.15, 0.2) is 36.6 Å². The smallest absolute Gasteiger partial charge is 0.417 e. The third kappa shape index (κ3) is 5.30. The molecule has 1 aromatic carbocycles. The first-order chi connectivity index (χ1) is 22.2. The first-order valence-corrected chi connectivity index (χ1v) is 15.5. The van der Waals surface area contributed by atoms with E-state index in [0.717, 1.165) is 37.0 Å². The van der Waals surface area contributed by atoms with E-state index in [9.17, 15) is 13.2 Å². The van der Waals surface area contributed by atoms with Crippen molar-refractivity contribution < 1.29 is 31.4 Å². The lowest BCUT2D eigenvalue weighted by Crippen LogP contribution is -2.61. The third-order valence-electron chi connectivity index (χ3n) is 9.92. The van der Waals surface area contributed by atoms with Crippen LogP contribution in [0.5, 0.6) is 6.01 Å². The van der Waals surface area contributed by atoms with Crippen molar-refractivity contribution in [2.24, 2.45) is 0 Å². The topological polar surface area (TPSA) is 102 Å². The highest BCUT2D eigenvalue weighted by molar-refractivity contribution is 5.92. The molecule has 3 aromatic rings. The van der Waals surface area contributed by atoms with Crippen LogP contribution in [0.3, 0.4) is 0 Å². The van der Waals surface area contributed by atoms with Gasteiger partial charge in [-0.1, -0.05) is 24.3 Å². The Labute approximate surface area is 268 Å². The summed E-state index contributed by atoms with van der Waals surface area (Å²) in [4.78, 5) is 17.4. The summed E-state index contributed by atoms with van der Waals surface area (Å²) in [5.41, 5.74) is 2.53. The summed E-state index contributed by atoms with van der Waals surface area (Å²) in [6.45, 7) is 12.4. The molecule has 2 atom stereocenters. The van der Waals surface area contributed by atoms with Crippen LogP contribution in [-0.2, 0) is 10.9 Å². The number of anilines is 2. The normalized spacial score (nSPS) is 24.1. The second kappa shape index (κ2) is 11.1. The minimum atomic E-state index is -5.01. The number of nitrogens with one attached hydrogen (secondary N) is 1. The van der Waals surface area contributed by atoms with Gasteiger partial charge in [0.25, 0.3) is 0 Å². The number of nitrogens with two attached hydrogens (primary N) is 1. The Morgan fingerprint density at radius 2 is 1.83 bits per heavy atom. The van der Waals surface area contributed by atoms with Crippen molar-refractivity contribution in [3.63, 3.8) is 0 Å². The molecule has 3 N–H and O–H groups in total. The first-order valence-electron chi connectivity index (χ1n) is 15.5.